The van der Waals surface area contributed by atoms with E-state index in [4.69, 9.17) is 21.3 Å². The van der Waals surface area contributed by atoms with E-state index in [9.17, 15) is 14.4 Å². The second-order valence-corrected chi connectivity index (χ2v) is 13.1. The van der Waals surface area contributed by atoms with Gasteiger partial charge < -0.3 is 4.74 Å². The number of ketones is 1. The van der Waals surface area contributed by atoms with E-state index in [0.29, 0.717) is 45.9 Å². The SMILES string of the molecule is COC(=O)c1ccc(C2C3C(=O)CC(c4ccc(C(C)(C)C)cc4)CC3=Nc3ccccc3N2C(=O)c2ccccc2Cl)cc1. The fourth-order valence-electron chi connectivity index (χ4n) is 6.46. The van der Waals surface area contributed by atoms with Crippen molar-refractivity contribution in [1.82, 2.24) is 0 Å². The molecule has 3 atom stereocenters. The number of ether oxygens (including phenoxy) is 1. The van der Waals surface area contributed by atoms with Crippen LogP contribution in [0.3, 0.4) is 0 Å². The minimum atomic E-state index is -0.723. The molecule has 7 heteroatoms. The van der Waals surface area contributed by atoms with Gasteiger partial charge in [-0.05, 0) is 70.8 Å². The maximum Gasteiger partial charge on any atom is 0.337 e. The highest BCUT2D eigenvalue weighted by atomic mass is 35.5. The molecule has 0 aromatic heterocycles. The Morgan fingerprint density at radius 1 is 0.844 bits per heavy atom. The van der Waals surface area contributed by atoms with Gasteiger partial charge in [0, 0.05) is 12.1 Å². The van der Waals surface area contributed by atoms with Gasteiger partial charge in [0.05, 0.1) is 46.6 Å². The third-order valence-electron chi connectivity index (χ3n) is 8.85. The van der Waals surface area contributed by atoms with Crippen molar-refractivity contribution in [2.24, 2.45) is 10.9 Å². The predicted molar refractivity (Wildman–Crippen MR) is 178 cm³/mol. The lowest BCUT2D eigenvalue weighted by atomic mass is 9.71. The smallest absolute Gasteiger partial charge is 0.337 e. The number of hydrogen-bond donors (Lipinski definition) is 0. The molecule has 1 heterocycles. The molecule has 1 aliphatic heterocycles. The maximum atomic E-state index is 14.5. The summed E-state index contributed by atoms with van der Waals surface area (Å²) in [5.74, 6) is -1.52. The number of halogens is 1. The summed E-state index contributed by atoms with van der Waals surface area (Å²) in [6.45, 7) is 6.55. The maximum absolute atomic E-state index is 14.5. The molecule has 45 heavy (non-hydrogen) atoms. The number of benzene rings is 4. The summed E-state index contributed by atoms with van der Waals surface area (Å²) in [7, 11) is 1.33. The van der Waals surface area contributed by atoms with Crippen LogP contribution in [-0.2, 0) is 14.9 Å². The molecule has 1 aliphatic carbocycles. The summed E-state index contributed by atoms with van der Waals surface area (Å²) in [5, 5.41) is 0.318. The molecular weight excluding hydrogens is 584 g/mol. The zero-order valence-corrected chi connectivity index (χ0v) is 26.5. The van der Waals surface area contributed by atoms with Crippen LogP contribution in [0.1, 0.15) is 83.0 Å². The Morgan fingerprint density at radius 2 is 1.49 bits per heavy atom. The van der Waals surface area contributed by atoms with Crippen molar-refractivity contribution in [2.75, 3.05) is 12.0 Å². The largest absolute Gasteiger partial charge is 0.465 e. The topological polar surface area (TPSA) is 76.0 Å². The summed E-state index contributed by atoms with van der Waals surface area (Å²) in [4.78, 5) is 48.0. The van der Waals surface area contributed by atoms with Crippen LogP contribution in [-0.4, -0.2) is 30.5 Å². The average Bonchev–Trinajstić information content (AvgIpc) is 3.19. The van der Waals surface area contributed by atoms with E-state index in [2.05, 4.69) is 45.0 Å². The van der Waals surface area contributed by atoms with Crippen LogP contribution >= 0.6 is 11.6 Å². The van der Waals surface area contributed by atoms with E-state index < -0.39 is 17.9 Å². The number of rotatable bonds is 4. The molecular formula is C38H35ClN2O4. The number of carbonyl (C=O) groups excluding carboxylic acids is 3. The second kappa shape index (κ2) is 12.1. The van der Waals surface area contributed by atoms with E-state index in [1.54, 1.807) is 53.4 Å². The van der Waals surface area contributed by atoms with Crippen molar-refractivity contribution >= 4 is 46.3 Å². The minimum absolute atomic E-state index is 0.0108. The molecule has 1 fully saturated rings. The minimum Gasteiger partial charge on any atom is -0.465 e. The van der Waals surface area contributed by atoms with Gasteiger partial charge in [0.1, 0.15) is 5.78 Å². The number of nitrogens with zero attached hydrogens (tertiary/aromatic N) is 2. The monoisotopic (exact) mass is 618 g/mol. The number of hydrogen-bond acceptors (Lipinski definition) is 5. The third-order valence-corrected chi connectivity index (χ3v) is 9.18. The van der Waals surface area contributed by atoms with Gasteiger partial charge in [-0.25, -0.2) is 4.79 Å². The van der Waals surface area contributed by atoms with E-state index in [-0.39, 0.29) is 23.0 Å². The van der Waals surface area contributed by atoms with Crippen molar-refractivity contribution in [3.8, 4) is 0 Å². The lowest BCUT2D eigenvalue weighted by molar-refractivity contribution is -0.122. The van der Waals surface area contributed by atoms with Gasteiger partial charge in [0.15, 0.2) is 0 Å². The number of carbonyl (C=O) groups is 3. The molecule has 0 spiro atoms. The summed E-state index contributed by atoms with van der Waals surface area (Å²) in [5.41, 5.74) is 5.70. The number of para-hydroxylation sites is 2. The van der Waals surface area contributed by atoms with Gasteiger partial charge >= 0.3 is 5.97 Å². The van der Waals surface area contributed by atoms with Gasteiger partial charge in [-0.2, -0.15) is 0 Å². The molecule has 0 radical (unpaired) electrons. The van der Waals surface area contributed by atoms with Gasteiger partial charge in [0.25, 0.3) is 5.91 Å². The van der Waals surface area contributed by atoms with Gasteiger partial charge in [-0.15, -0.1) is 0 Å². The highest BCUT2D eigenvalue weighted by molar-refractivity contribution is 6.34. The molecule has 1 amide bonds. The average molecular weight is 619 g/mol. The lowest BCUT2D eigenvalue weighted by Crippen LogP contribution is -2.45. The number of fused-ring (bicyclic) bond motifs is 2. The molecule has 4 aromatic carbocycles. The number of anilines is 1. The normalized spacial score (nSPS) is 19.6. The fourth-order valence-corrected chi connectivity index (χ4v) is 6.68. The Kier molecular flexibility index (Phi) is 8.19. The molecule has 0 N–H and O–H groups in total. The first-order valence-corrected chi connectivity index (χ1v) is 15.5. The van der Waals surface area contributed by atoms with Crippen LogP contribution in [0, 0.1) is 5.92 Å². The third kappa shape index (κ3) is 5.83. The Balaban J connectivity index is 1.49. The predicted octanol–water partition coefficient (Wildman–Crippen LogP) is 8.66. The Labute approximate surface area is 268 Å². The van der Waals surface area contributed by atoms with Crippen molar-refractivity contribution in [3.63, 3.8) is 0 Å². The van der Waals surface area contributed by atoms with Gasteiger partial charge in [-0.3, -0.25) is 19.5 Å². The van der Waals surface area contributed by atoms with Crippen LogP contribution in [0.25, 0.3) is 0 Å². The van der Waals surface area contributed by atoms with Crippen molar-refractivity contribution in [1.29, 1.82) is 0 Å². The molecule has 3 unspecified atom stereocenters. The first kappa shape index (κ1) is 30.5. The quantitative estimate of drug-likeness (QED) is 0.214. The van der Waals surface area contributed by atoms with Gasteiger partial charge in [-0.1, -0.05) is 93.0 Å². The number of amides is 1. The summed E-state index contributed by atoms with van der Waals surface area (Å²) < 4.78 is 4.91. The molecule has 6 nitrogen and oxygen atoms in total. The molecule has 0 bridgehead atoms. The highest BCUT2D eigenvalue weighted by Gasteiger charge is 2.46. The van der Waals surface area contributed by atoms with Gasteiger partial charge in [0.2, 0.25) is 0 Å². The van der Waals surface area contributed by atoms with Crippen LogP contribution in [0.2, 0.25) is 5.02 Å². The fraction of sp³-hybridized carbons (Fsp3) is 0.263. The second-order valence-electron chi connectivity index (χ2n) is 12.7. The van der Waals surface area contributed by atoms with Crippen LogP contribution in [0.4, 0.5) is 11.4 Å². The summed E-state index contributed by atoms with van der Waals surface area (Å²) >= 11 is 6.57. The van der Waals surface area contributed by atoms with Crippen molar-refractivity contribution in [2.45, 2.75) is 51.0 Å². The standard InChI is InChI=1S/C38H35ClN2O4/c1-38(2,3)27-19-17-23(18-20-27)26-21-31-34(33(42)22-26)35(24-13-15-25(16-14-24)37(44)45-4)41(32-12-8-7-11-30(32)40-31)36(43)28-9-5-6-10-29(28)39/h5-20,26,34-35H,21-22H2,1-4H3. The van der Waals surface area contributed by atoms with E-state index in [1.165, 1.54) is 12.7 Å². The summed E-state index contributed by atoms with van der Waals surface area (Å²) in [6.07, 6.45) is 0.893. The lowest BCUT2D eigenvalue weighted by Gasteiger charge is -2.39. The molecule has 4 aromatic rings. The number of aliphatic imine (C=N–C) groups is 1. The van der Waals surface area contributed by atoms with E-state index in [0.717, 1.165) is 11.3 Å². The Morgan fingerprint density at radius 3 is 2.16 bits per heavy atom. The first-order chi connectivity index (χ1) is 21.6. The molecule has 0 saturated heterocycles. The van der Waals surface area contributed by atoms with Crippen LogP contribution in [0.15, 0.2) is 102 Å². The molecule has 1 saturated carbocycles. The first-order valence-electron chi connectivity index (χ1n) is 15.1. The zero-order valence-electron chi connectivity index (χ0n) is 25.8. The number of methoxy groups -OCH3 is 1. The molecule has 2 aliphatic rings. The van der Waals surface area contributed by atoms with Crippen molar-refractivity contribution < 1.29 is 19.1 Å². The zero-order chi connectivity index (χ0) is 31.9. The van der Waals surface area contributed by atoms with Crippen LogP contribution in [0.5, 0.6) is 0 Å². The van der Waals surface area contributed by atoms with Crippen molar-refractivity contribution in [3.05, 3.63) is 130 Å². The highest BCUT2D eigenvalue weighted by Crippen LogP contribution is 2.48. The van der Waals surface area contributed by atoms with E-state index >= 15 is 0 Å². The van der Waals surface area contributed by atoms with Crippen LogP contribution < -0.4 is 4.90 Å². The molecule has 228 valence electrons. The number of Topliss-reactive ketones (excluding diaryl/α,β-unsaturated/α-hetero) is 1. The molecule has 6 rings (SSSR count). The van der Waals surface area contributed by atoms with E-state index in [1.807, 2.05) is 24.3 Å². The number of esters is 1. The Bertz CT molecular complexity index is 1800. The Hall–Kier alpha value is -4.55. The summed E-state index contributed by atoms with van der Waals surface area (Å²) in [6, 6.07) is 29.1.